The zero-order valence-electron chi connectivity index (χ0n) is 7.53. The Morgan fingerprint density at radius 1 is 1.36 bits per heavy atom. The lowest BCUT2D eigenvalue weighted by molar-refractivity contribution is 0.411. The lowest BCUT2D eigenvalue weighted by Crippen LogP contribution is -1.88. The van der Waals surface area contributed by atoms with Crippen LogP contribution in [0.4, 0.5) is 0 Å². The molecule has 2 rings (SSSR count). The average Bonchev–Trinajstić information content (AvgIpc) is 2.64. The fourth-order valence-electron chi connectivity index (χ4n) is 1.24. The van der Waals surface area contributed by atoms with E-state index >= 15 is 0 Å². The number of aromatic nitrogens is 1. The number of hydrogen-bond donors (Lipinski definition) is 0. The van der Waals surface area contributed by atoms with E-state index in [1.54, 1.807) is 13.4 Å². The molecular weight excluding hydrogens is 293 g/mol. The third-order valence-electron chi connectivity index (χ3n) is 1.89. The third kappa shape index (κ3) is 1.61. The molecule has 14 heavy (non-hydrogen) atoms. The monoisotopic (exact) mass is 301 g/mol. The van der Waals surface area contributed by atoms with Crippen molar-refractivity contribution in [3.05, 3.63) is 34.1 Å². The van der Waals surface area contributed by atoms with Gasteiger partial charge in [-0.1, -0.05) is 17.3 Å². The van der Waals surface area contributed by atoms with Crippen molar-refractivity contribution in [3.63, 3.8) is 0 Å². The molecule has 1 aromatic carbocycles. The van der Waals surface area contributed by atoms with E-state index in [1.165, 1.54) is 0 Å². The fraction of sp³-hybridized carbons (Fsp3) is 0.100. The van der Waals surface area contributed by atoms with Crippen molar-refractivity contribution < 1.29 is 9.26 Å². The molecule has 1 aromatic heterocycles. The van der Waals surface area contributed by atoms with Gasteiger partial charge >= 0.3 is 0 Å². The number of halogens is 1. The van der Waals surface area contributed by atoms with Crippen LogP contribution in [0.15, 0.2) is 35.1 Å². The highest BCUT2D eigenvalue weighted by Crippen LogP contribution is 2.31. The summed E-state index contributed by atoms with van der Waals surface area (Å²) >= 11 is 2.18. The highest BCUT2D eigenvalue weighted by Gasteiger charge is 2.11. The Kier molecular flexibility index (Phi) is 2.72. The van der Waals surface area contributed by atoms with Gasteiger partial charge in [0.2, 0.25) is 0 Å². The molecule has 0 unspecified atom stereocenters. The van der Waals surface area contributed by atoms with Crippen LogP contribution in [0.5, 0.6) is 5.75 Å². The molecule has 0 spiro atoms. The van der Waals surface area contributed by atoms with Gasteiger partial charge in [-0.3, -0.25) is 0 Å². The van der Waals surface area contributed by atoms with Gasteiger partial charge in [0.05, 0.1) is 10.7 Å². The summed E-state index contributed by atoms with van der Waals surface area (Å²) < 4.78 is 11.1. The van der Waals surface area contributed by atoms with Crippen molar-refractivity contribution in [2.75, 3.05) is 7.11 Å². The van der Waals surface area contributed by atoms with E-state index in [0.29, 0.717) is 0 Å². The standard InChI is InChI=1S/C10H8INO2/c1-13-9-5-3-2-4-7(9)10-8(11)6-14-12-10/h2-6H,1H3. The molecular formula is C10H8INO2. The summed E-state index contributed by atoms with van der Waals surface area (Å²) in [6.07, 6.45) is 1.61. The summed E-state index contributed by atoms with van der Waals surface area (Å²) in [6, 6.07) is 7.73. The van der Waals surface area contributed by atoms with E-state index in [-0.39, 0.29) is 0 Å². The van der Waals surface area contributed by atoms with Crippen LogP contribution in [0, 0.1) is 3.57 Å². The molecule has 0 saturated carbocycles. The van der Waals surface area contributed by atoms with Gasteiger partial charge in [0.15, 0.2) is 0 Å². The first kappa shape index (κ1) is 9.51. The van der Waals surface area contributed by atoms with Gasteiger partial charge in [-0.05, 0) is 34.7 Å². The van der Waals surface area contributed by atoms with E-state index in [0.717, 1.165) is 20.6 Å². The Morgan fingerprint density at radius 2 is 2.14 bits per heavy atom. The van der Waals surface area contributed by atoms with Crippen molar-refractivity contribution in [2.24, 2.45) is 0 Å². The van der Waals surface area contributed by atoms with E-state index in [4.69, 9.17) is 9.26 Å². The molecule has 1 heterocycles. The van der Waals surface area contributed by atoms with E-state index < -0.39 is 0 Å². The summed E-state index contributed by atoms with van der Waals surface area (Å²) in [5.74, 6) is 0.805. The molecule has 2 aromatic rings. The van der Waals surface area contributed by atoms with Gasteiger partial charge in [-0.25, -0.2) is 0 Å². The minimum Gasteiger partial charge on any atom is -0.496 e. The molecule has 0 aliphatic carbocycles. The third-order valence-corrected chi connectivity index (χ3v) is 2.65. The van der Waals surface area contributed by atoms with E-state index in [2.05, 4.69) is 27.7 Å². The van der Waals surface area contributed by atoms with Crippen LogP contribution in [-0.4, -0.2) is 12.3 Å². The topological polar surface area (TPSA) is 35.3 Å². The van der Waals surface area contributed by atoms with Crippen molar-refractivity contribution in [3.8, 4) is 17.0 Å². The molecule has 0 aliphatic heterocycles. The van der Waals surface area contributed by atoms with Gasteiger partial charge in [0.1, 0.15) is 17.7 Å². The normalized spacial score (nSPS) is 10.1. The van der Waals surface area contributed by atoms with Crippen molar-refractivity contribution >= 4 is 22.6 Å². The Morgan fingerprint density at radius 3 is 2.79 bits per heavy atom. The number of methoxy groups -OCH3 is 1. The molecule has 0 saturated heterocycles. The fourth-order valence-corrected chi connectivity index (χ4v) is 1.75. The zero-order chi connectivity index (χ0) is 9.97. The van der Waals surface area contributed by atoms with Gasteiger partial charge in [0.25, 0.3) is 0 Å². The van der Waals surface area contributed by atoms with Gasteiger partial charge in [-0.2, -0.15) is 0 Å². The summed E-state index contributed by atoms with van der Waals surface area (Å²) in [5, 5.41) is 3.93. The maximum absolute atomic E-state index is 5.24. The smallest absolute Gasteiger partial charge is 0.137 e. The molecule has 0 atom stereocenters. The number of rotatable bonds is 2. The Labute approximate surface area is 95.2 Å². The van der Waals surface area contributed by atoms with Crippen LogP contribution in [0.25, 0.3) is 11.3 Å². The molecule has 3 nitrogen and oxygen atoms in total. The second-order valence-corrected chi connectivity index (χ2v) is 3.87. The Bertz CT molecular complexity index is 439. The largest absolute Gasteiger partial charge is 0.496 e. The van der Waals surface area contributed by atoms with Crippen LogP contribution < -0.4 is 4.74 Å². The van der Waals surface area contributed by atoms with Crippen molar-refractivity contribution in [2.45, 2.75) is 0 Å². The molecule has 0 radical (unpaired) electrons. The summed E-state index contributed by atoms with van der Waals surface area (Å²) in [6.45, 7) is 0. The molecule has 0 amide bonds. The highest BCUT2D eigenvalue weighted by molar-refractivity contribution is 14.1. The minimum absolute atomic E-state index is 0.805. The van der Waals surface area contributed by atoms with Crippen LogP contribution in [-0.2, 0) is 0 Å². The van der Waals surface area contributed by atoms with Crippen LogP contribution >= 0.6 is 22.6 Å². The first-order chi connectivity index (χ1) is 6.83. The maximum Gasteiger partial charge on any atom is 0.137 e. The van der Waals surface area contributed by atoms with Crippen molar-refractivity contribution in [1.82, 2.24) is 5.16 Å². The second-order valence-electron chi connectivity index (χ2n) is 2.71. The molecule has 0 N–H and O–H groups in total. The van der Waals surface area contributed by atoms with E-state index in [1.807, 2.05) is 24.3 Å². The number of nitrogens with zero attached hydrogens (tertiary/aromatic N) is 1. The first-order valence-corrected chi connectivity index (χ1v) is 5.14. The zero-order valence-corrected chi connectivity index (χ0v) is 9.69. The first-order valence-electron chi connectivity index (χ1n) is 4.06. The maximum atomic E-state index is 5.24. The molecule has 4 heteroatoms. The summed E-state index contributed by atoms with van der Waals surface area (Å²) in [5.41, 5.74) is 1.77. The SMILES string of the molecule is COc1ccccc1-c1nocc1I. The van der Waals surface area contributed by atoms with Gasteiger partial charge in [-0.15, -0.1) is 0 Å². The second kappa shape index (κ2) is 4.00. The summed E-state index contributed by atoms with van der Waals surface area (Å²) in [4.78, 5) is 0. The number of hydrogen-bond acceptors (Lipinski definition) is 3. The predicted molar refractivity (Wildman–Crippen MR) is 61.2 cm³/mol. The highest BCUT2D eigenvalue weighted by atomic mass is 127. The van der Waals surface area contributed by atoms with Gasteiger partial charge in [0, 0.05) is 5.56 Å². The number of benzene rings is 1. The number of ether oxygens (including phenoxy) is 1. The van der Waals surface area contributed by atoms with Crippen LogP contribution in [0.2, 0.25) is 0 Å². The van der Waals surface area contributed by atoms with Crippen LogP contribution in [0.1, 0.15) is 0 Å². The van der Waals surface area contributed by atoms with Gasteiger partial charge < -0.3 is 9.26 Å². The predicted octanol–water partition coefficient (Wildman–Crippen LogP) is 2.95. The average molecular weight is 301 g/mol. The molecule has 0 aliphatic rings. The quantitative estimate of drug-likeness (QED) is 0.800. The molecule has 0 bridgehead atoms. The molecule has 72 valence electrons. The number of para-hydroxylation sites is 1. The Balaban J connectivity index is 2.56. The van der Waals surface area contributed by atoms with Crippen molar-refractivity contribution in [1.29, 1.82) is 0 Å². The van der Waals surface area contributed by atoms with Crippen LogP contribution in [0.3, 0.4) is 0 Å². The van der Waals surface area contributed by atoms with E-state index in [9.17, 15) is 0 Å². The minimum atomic E-state index is 0.805. The Hall–Kier alpha value is -1.04. The summed E-state index contributed by atoms with van der Waals surface area (Å²) in [7, 11) is 1.64. The lowest BCUT2D eigenvalue weighted by Gasteiger charge is -2.04. The molecule has 0 fully saturated rings. The lowest BCUT2D eigenvalue weighted by atomic mass is 10.1.